The number of rotatable bonds is 6. The summed E-state index contributed by atoms with van der Waals surface area (Å²) < 4.78 is 0. The zero-order valence-electron chi connectivity index (χ0n) is 12.3. The second-order valence-electron chi connectivity index (χ2n) is 5.55. The van der Waals surface area contributed by atoms with Crippen LogP contribution in [0.5, 0.6) is 0 Å². The van der Waals surface area contributed by atoms with Crippen molar-refractivity contribution in [2.75, 3.05) is 13.6 Å². The fourth-order valence-electron chi connectivity index (χ4n) is 2.60. The Bertz CT molecular complexity index is 406. The van der Waals surface area contributed by atoms with Gasteiger partial charge in [0.25, 0.3) is 0 Å². The van der Waals surface area contributed by atoms with E-state index in [1.807, 2.05) is 32.2 Å². The molecule has 3 nitrogen and oxygen atoms in total. The van der Waals surface area contributed by atoms with E-state index in [2.05, 4.69) is 22.8 Å². The van der Waals surface area contributed by atoms with E-state index in [4.69, 9.17) is 0 Å². The first kappa shape index (κ1) is 17.0. The number of carbonyl (C=O) groups excluding carboxylic acids is 1. The lowest BCUT2D eigenvalue weighted by molar-refractivity contribution is -0.125. The summed E-state index contributed by atoms with van der Waals surface area (Å²) >= 11 is 0. The van der Waals surface area contributed by atoms with Gasteiger partial charge >= 0.3 is 0 Å². The predicted molar refractivity (Wildman–Crippen MR) is 85.0 cm³/mol. The van der Waals surface area contributed by atoms with Crippen molar-refractivity contribution >= 4 is 18.3 Å². The molecule has 20 heavy (non-hydrogen) atoms. The highest BCUT2D eigenvalue weighted by molar-refractivity contribution is 5.85. The van der Waals surface area contributed by atoms with Crippen molar-refractivity contribution in [1.29, 1.82) is 0 Å². The zero-order chi connectivity index (χ0) is 13.7. The lowest BCUT2D eigenvalue weighted by Gasteiger charge is -2.35. The van der Waals surface area contributed by atoms with E-state index in [0.717, 1.165) is 6.54 Å². The van der Waals surface area contributed by atoms with Gasteiger partial charge in [-0.1, -0.05) is 43.7 Å². The van der Waals surface area contributed by atoms with E-state index in [9.17, 15) is 4.79 Å². The van der Waals surface area contributed by atoms with Crippen molar-refractivity contribution in [2.24, 2.45) is 11.8 Å². The average Bonchev–Trinajstić information content (AvgIpc) is 2.37. The molecule has 0 spiro atoms. The van der Waals surface area contributed by atoms with Crippen LogP contribution in [0.25, 0.3) is 0 Å². The molecule has 0 aliphatic heterocycles. The molecular weight excluding hydrogens is 272 g/mol. The van der Waals surface area contributed by atoms with Crippen LogP contribution < -0.4 is 10.6 Å². The topological polar surface area (TPSA) is 41.1 Å². The molecule has 0 aromatic heterocycles. The quantitative estimate of drug-likeness (QED) is 0.847. The molecule has 2 rings (SSSR count). The zero-order valence-corrected chi connectivity index (χ0v) is 13.1. The van der Waals surface area contributed by atoms with Crippen LogP contribution in [0.2, 0.25) is 0 Å². The van der Waals surface area contributed by atoms with Gasteiger partial charge in [0.05, 0.1) is 6.04 Å². The molecule has 2 unspecified atom stereocenters. The summed E-state index contributed by atoms with van der Waals surface area (Å²) in [6.45, 7) is 2.69. The molecule has 4 heteroatoms. The largest absolute Gasteiger partial charge is 0.349 e. The van der Waals surface area contributed by atoms with Gasteiger partial charge in [-0.15, -0.1) is 12.4 Å². The van der Waals surface area contributed by atoms with Crippen LogP contribution >= 0.6 is 12.4 Å². The first-order chi connectivity index (χ1) is 9.22. The highest BCUT2D eigenvalue weighted by Gasteiger charge is 2.30. The van der Waals surface area contributed by atoms with Gasteiger partial charge in [0.15, 0.2) is 0 Å². The SMILES string of the molecule is CNCC(C)C(=O)NC(c1ccccc1)C1CCC1.Cl. The van der Waals surface area contributed by atoms with E-state index >= 15 is 0 Å². The van der Waals surface area contributed by atoms with Crippen LogP contribution in [0, 0.1) is 11.8 Å². The number of halogens is 1. The molecule has 1 fully saturated rings. The van der Waals surface area contributed by atoms with Crippen molar-refractivity contribution < 1.29 is 4.79 Å². The van der Waals surface area contributed by atoms with Crippen molar-refractivity contribution in [3.8, 4) is 0 Å². The van der Waals surface area contributed by atoms with Crippen LogP contribution in [-0.2, 0) is 4.79 Å². The molecule has 1 aromatic carbocycles. The molecule has 0 radical (unpaired) electrons. The summed E-state index contributed by atoms with van der Waals surface area (Å²) in [6, 6.07) is 10.5. The van der Waals surface area contributed by atoms with E-state index in [0.29, 0.717) is 5.92 Å². The number of benzene rings is 1. The summed E-state index contributed by atoms with van der Waals surface area (Å²) in [5.74, 6) is 0.763. The van der Waals surface area contributed by atoms with Gasteiger partial charge in [0.2, 0.25) is 5.91 Å². The van der Waals surface area contributed by atoms with Crippen LogP contribution in [0.15, 0.2) is 30.3 Å². The molecule has 1 amide bonds. The molecule has 1 saturated carbocycles. The minimum atomic E-state index is 0. The van der Waals surface area contributed by atoms with Gasteiger partial charge in [0.1, 0.15) is 0 Å². The predicted octanol–water partition coefficient (Wildman–Crippen LogP) is 2.92. The summed E-state index contributed by atoms with van der Waals surface area (Å²) in [6.07, 6.45) is 3.73. The molecule has 1 aliphatic rings. The van der Waals surface area contributed by atoms with Gasteiger partial charge in [-0.25, -0.2) is 0 Å². The van der Waals surface area contributed by atoms with E-state index < -0.39 is 0 Å². The number of hydrogen-bond acceptors (Lipinski definition) is 2. The van der Waals surface area contributed by atoms with E-state index in [-0.39, 0.29) is 30.3 Å². The first-order valence-corrected chi connectivity index (χ1v) is 7.22. The Kier molecular flexibility index (Phi) is 7.03. The minimum Gasteiger partial charge on any atom is -0.349 e. The normalized spacial score (nSPS) is 17.5. The maximum atomic E-state index is 12.2. The van der Waals surface area contributed by atoms with E-state index in [1.165, 1.54) is 24.8 Å². The number of amides is 1. The van der Waals surface area contributed by atoms with Crippen molar-refractivity contribution in [1.82, 2.24) is 10.6 Å². The second kappa shape index (κ2) is 8.28. The molecular formula is C16H25ClN2O. The average molecular weight is 297 g/mol. The Morgan fingerprint density at radius 1 is 1.30 bits per heavy atom. The Labute approximate surface area is 127 Å². The van der Waals surface area contributed by atoms with Crippen LogP contribution in [0.4, 0.5) is 0 Å². The molecule has 2 N–H and O–H groups in total. The number of hydrogen-bond donors (Lipinski definition) is 2. The maximum absolute atomic E-state index is 12.2. The van der Waals surface area contributed by atoms with Gasteiger partial charge in [-0.3, -0.25) is 4.79 Å². The molecule has 1 aliphatic carbocycles. The van der Waals surface area contributed by atoms with Crippen molar-refractivity contribution in [2.45, 2.75) is 32.2 Å². The van der Waals surface area contributed by atoms with Crippen LogP contribution in [0.3, 0.4) is 0 Å². The molecule has 112 valence electrons. The highest BCUT2D eigenvalue weighted by atomic mass is 35.5. The second-order valence-corrected chi connectivity index (χ2v) is 5.55. The van der Waals surface area contributed by atoms with Crippen molar-refractivity contribution in [3.05, 3.63) is 35.9 Å². The third-order valence-electron chi connectivity index (χ3n) is 4.04. The molecule has 0 saturated heterocycles. The molecule has 0 bridgehead atoms. The minimum absolute atomic E-state index is 0. The van der Waals surface area contributed by atoms with E-state index in [1.54, 1.807) is 0 Å². The molecule has 2 atom stereocenters. The smallest absolute Gasteiger partial charge is 0.224 e. The fraction of sp³-hybridized carbons (Fsp3) is 0.562. The Hall–Kier alpha value is -1.06. The third kappa shape index (κ3) is 4.22. The lowest BCUT2D eigenvalue weighted by atomic mass is 9.77. The van der Waals surface area contributed by atoms with Crippen LogP contribution in [0.1, 0.15) is 37.8 Å². The summed E-state index contributed by atoms with van der Waals surface area (Å²) in [5, 5.41) is 6.30. The Balaban J connectivity index is 0.00000200. The first-order valence-electron chi connectivity index (χ1n) is 7.22. The Morgan fingerprint density at radius 2 is 1.95 bits per heavy atom. The van der Waals surface area contributed by atoms with Gasteiger partial charge in [-0.05, 0) is 31.4 Å². The number of nitrogens with one attached hydrogen (secondary N) is 2. The Morgan fingerprint density at radius 3 is 2.45 bits per heavy atom. The molecule has 0 heterocycles. The summed E-state index contributed by atoms with van der Waals surface area (Å²) in [7, 11) is 1.88. The number of carbonyl (C=O) groups is 1. The van der Waals surface area contributed by atoms with Crippen molar-refractivity contribution in [3.63, 3.8) is 0 Å². The standard InChI is InChI=1S/C16H24N2O.ClH/c1-12(11-17-2)16(19)18-15(14-9-6-10-14)13-7-4-3-5-8-13;/h3-5,7-8,12,14-15,17H,6,9-11H2,1-2H3,(H,18,19);1H. The highest BCUT2D eigenvalue weighted by Crippen LogP contribution is 2.37. The fourth-order valence-corrected chi connectivity index (χ4v) is 2.60. The summed E-state index contributed by atoms with van der Waals surface area (Å²) in [5.41, 5.74) is 1.23. The van der Waals surface area contributed by atoms with Gasteiger partial charge in [0, 0.05) is 12.5 Å². The monoisotopic (exact) mass is 296 g/mol. The summed E-state index contributed by atoms with van der Waals surface area (Å²) in [4.78, 5) is 12.2. The van der Waals surface area contributed by atoms with Gasteiger partial charge in [-0.2, -0.15) is 0 Å². The van der Waals surface area contributed by atoms with Crippen LogP contribution in [-0.4, -0.2) is 19.5 Å². The van der Waals surface area contributed by atoms with Gasteiger partial charge < -0.3 is 10.6 Å². The maximum Gasteiger partial charge on any atom is 0.224 e. The lowest BCUT2D eigenvalue weighted by Crippen LogP contribution is -2.40. The molecule has 1 aromatic rings. The third-order valence-corrected chi connectivity index (χ3v) is 4.04.